The van der Waals surface area contributed by atoms with E-state index in [0.717, 1.165) is 25.7 Å². The molecule has 3 rings (SSSR count). The third-order valence-electron chi connectivity index (χ3n) is 4.59. The molecule has 0 aliphatic carbocycles. The Labute approximate surface area is 140 Å². The van der Waals surface area contributed by atoms with E-state index in [4.69, 9.17) is 14.2 Å². The van der Waals surface area contributed by atoms with Crippen LogP contribution in [-0.4, -0.2) is 43.1 Å². The zero-order chi connectivity index (χ0) is 16.9. The van der Waals surface area contributed by atoms with Gasteiger partial charge in [-0.25, -0.2) is 9.59 Å². The quantitative estimate of drug-likeness (QED) is 0.854. The summed E-state index contributed by atoms with van der Waals surface area (Å²) in [6.07, 6.45) is 4.23. The Kier molecular flexibility index (Phi) is 5.08. The number of hydrogen-bond acceptors (Lipinski definition) is 5. The lowest BCUT2D eigenvalue weighted by Gasteiger charge is -2.33. The molecule has 130 valence electrons. The number of benzene rings is 1. The van der Waals surface area contributed by atoms with E-state index >= 15 is 0 Å². The Morgan fingerprint density at radius 3 is 2.62 bits per heavy atom. The highest BCUT2D eigenvalue weighted by molar-refractivity contribution is 5.84. The van der Waals surface area contributed by atoms with Crippen molar-refractivity contribution in [2.75, 3.05) is 19.2 Å². The van der Waals surface area contributed by atoms with E-state index in [2.05, 4.69) is 5.32 Å². The van der Waals surface area contributed by atoms with E-state index in [1.54, 1.807) is 31.4 Å². The minimum Gasteiger partial charge on any atom is -0.497 e. The van der Waals surface area contributed by atoms with E-state index in [1.165, 1.54) is 6.42 Å². The molecule has 1 N–H and O–H groups in total. The summed E-state index contributed by atoms with van der Waals surface area (Å²) < 4.78 is 15.1. The third-order valence-corrected chi connectivity index (χ3v) is 4.59. The summed E-state index contributed by atoms with van der Waals surface area (Å²) in [5, 5.41) is 2.55. The van der Waals surface area contributed by atoms with Crippen molar-refractivity contribution in [2.24, 2.45) is 0 Å². The molecule has 0 spiro atoms. The van der Waals surface area contributed by atoms with Crippen LogP contribution in [0.3, 0.4) is 0 Å². The van der Waals surface area contributed by atoms with Crippen LogP contribution in [0.15, 0.2) is 24.3 Å². The molecule has 2 saturated heterocycles. The molecular formula is C17H22N2O5. The number of ether oxygens (including phenoxy) is 3. The summed E-state index contributed by atoms with van der Waals surface area (Å²) >= 11 is 0. The SMILES string of the molecule is COc1cccc(NC(=O)OCOC(=O)N2C3CCCC2CC3)c1. The van der Waals surface area contributed by atoms with Gasteiger partial charge in [0.25, 0.3) is 0 Å². The molecule has 2 bridgehead atoms. The molecule has 0 radical (unpaired) electrons. The molecule has 24 heavy (non-hydrogen) atoms. The van der Waals surface area contributed by atoms with Crippen LogP contribution in [0.4, 0.5) is 15.3 Å². The fourth-order valence-electron chi connectivity index (χ4n) is 3.48. The number of methoxy groups -OCH3 is 1. The Morgan fingerprint density at radius 1 is 1.17 bits per heavy atom. The van der Waals surface area contributed by atoms with Gasteiger partial charge in [0, 0.05) is 23.8 Å². The average molecular weight is 334 g/mol. The molecule has 1 aromatic carbocycles. The lowest BCUT2D eigenvalue weighted by molar-refractivity contribution is 0.000654. The van der Waals surface area contributed by atoms with Gasteiger partial charge in [0.15, 0.2) is 0 Å². The van der Waals surface area contributed by atoms with Crippen molar-refractivity contribution in [1.82, 2.24) is 4.90 Å². The number of carbonyl (C=O) groups is 2. The van der Waals surface area contributed by atoms with Crippen molar-refractivity contribution in [3.63, 3.8) is 0 Å². The van der Waals surface area contributed by atoms with Gasteiger partial charge in [-0.3, -0.25) is 5.32 Å². The first-order chi connectivity index (χ1) is 11.7. The largest absolute Gasteiger partial charge is 0.497 e. The molecule has 1 aromatic rings. The smallest absolute Gasteiger partial charge is 0.414 e. The van der Waals surface area contributed by atoms with Gasteiger partial charge in [-0.2, -0.15) is 0 Å². The fraction of sp³-hybridized carbons (Fsp3) is 0.529. The second-order valence-corrected chi connectivity index (χ2v) is 6.04. The molecule has 7 nitrogen and oxygen atoms in total. The van der Waals surface area contributed by atoms with E-state index in [1.807, 2.05) is 4.90 Å². The predicted octanol–water partition coefficient (Wildman–Crippen LogP) is 3.35. The zero-order valence-electron chi connectivity index (χ0n) is 13.7. The topological polar surface area (TPSA) is 77.1 Å². The number of hydrogen-bond donors (Lipinski definition) is 1. The highest BCUT2D eigenvalue weighted by Gasteiger charge is 2.40. The second-order valence-electron chi connectivity index (χ2n) is 6.04. The number of nitrogens with zero attached hydrogens (tertiary/aromatic N) is 1. The van der Waals surface area contributed by atoms with E-state index in [9.17, 15) is 9.59 Å². The molecule has 2 fully saturated rings. The molecule has 2 unspecified atom stereocenters. The number of amides is 2. The molecule has 2 aliphatic heterocycles. The van der Waals surface area contributed by atoms with Crippen molar-refractivity contribution in [3.8, 4) is 5.75 Å². The number of piperidine rings is 1. The molecule has 2 atom stereocenters. The first-order valence-electron chi connectivity index (χ1n) is 8.20. The predicted molar refractivity (Wildman–Crippen MR) is 86.9 cm³/mol. The summed E-state index contributed by atoms with van der Waals surface area (Å²) in [6, 6.07) is 7.45. The second kappa shape index (κ2) is 7.42. The van der Waals surface area contributed by atoms with Gasteiger partial charge < -0.3 is 19.1 Å². The molecule has 7 heteroatoms. The maximum atomic E-state index is 12.2. The van der Waals surface area contributed by atoms with E-state index < -0.39 is 19.0 Å². The van der Waals surface area contributed by atoms with E-state index in [-0.39, 0.29) is 12.1 Å². The summed E-state index contributed by atoms with van der Waals surface area (Å²) in [6.45, 7) is -0.398. The van der Waals surface area contributed by atoms with Gasteiger partial charge in [0.1, 0.15) is 5.75 Å². The van der Waals surface area contributed by atoms with Crippen LogP contribution in [-0.2, 0) is 9.47 Å². The summed E-state index contributed by atoms with van der Waals surface area (Å²) in [5.74, 6) is 0.625. The van der Waals surface area contributed by atoms with Crippen LogP contribution >= 0.6 is 0 Å². The summed E-state index contributed by atoms with van der Waals surface area (Å²) in [5.41, 5.74) is 0.541. The van der Waals surface area contributed by atoms with Gasteiger partial charge in [0.2, 0.25) is 6.79 Å². The summed E-state index contributed by atoms with van der Waals surface area (Å²) in [4.78, 5) is 25.7. The van der Waals surface area contributed by atoms with Crippen molar-refractivity contribution < 1.29 is 23.8 Å². The van der Waals surface area contributed by atoms with Crippen molar-refractivity contribution in [3.05, 3.63) is 24.3 Å². The highest BCUT2D eigenvalue weighted by Crippen LogP contribution is 2.35. The number of fused-ring (bicyclic) bond motifs is 2. The van der Waals surface area contributed by atoms with Gasteiger partial charge >= 0.3 is 12.2 Å². The van der Waals surface area contributed by atoms with Gasteiger partial charge in [0.05, 0.1) is 7.11 Å². The molecule has 2 aliphatic rings. The molecule has 0 aromatic heterocycles. The van der Waals surface area contributed by atoms with Gasteiger partial charge in [-0.15, -0.1) is 0 Å². The molecule has 2 heterocycles. The van der Waals surface area contributed by atoms with Gasteiger partial charge in [-0.1, -0.05) is 6.07 Å². The van der Waals surface area contributed by atoms with Crippen molar-refractivity contribution in [1.29, 1.82) is 0 Å². The lowest BCUT2D eigenvalue weighted by atomic mass is 10.0. The lowest BCUT2D eigenvalue weighted by Crippen LogP contribution is -2.44. The number of rotatable bonds is 4. The maximum absolute atomic E-state index is 12.2. The minimum absolute atomic E-state index is 0.280. The Balaban J connectivity index is 1.42. The van der Waals surface area contributed by atoms with Crippen LogP contribution in [0.2, 0.25) is 0 Å². The third kappa shape index (κ3) is 3.72. The van der Waals surface area contributed by atoms with Gasteiger partial charge in [-0.05, 0) is 44.2 Å². The zero-order valence-corrected chi connectivity index (χ0v) is 13.7. The monoisotopic (exact) mass is 334 g/mol. The molecule has 2 amide bonds. The Morgan fingerprint density at radius 2 is 1.92 bits per heavy atom. The van der Waals surface area contributed by atoms with Crippen LogP contribution in [0.25, 0.3) is 0 Å². The first-order valence-corrected chi connectivity index (χ1v) is 8.20. The fourth-order valence-corrected chi connectivity index (χ4v) is 3.48. The van der Waals surface area contributed by atoms with Crippen molar-refractivity contribution >= 4 is 17.9 Å². The molecule has 0 saturated carbocycles. The number of nitrogens with one attached hydrogen (secondary N) is 1. The normalized spacial score (nSPS) is 22.0. The highest BCUT2D eigenvalue weighted by atomic mass is 16.7. The van der Waals surface area contributed by atoms with E-state index in [0.29, 0.717) is 11.4 Å². The Bertz CT molecular complexity index is 590. The van der Waals surface area contributed by atoms with Crippen molar-refractivity contribution in [2.45, 2.75) is 44.2 Å². The van der Waals surface area contributed by atoms with Crippen LogP contribution in [0, 0.1) is 0 Å². The standard InChI is InChI=1S/C17H22N2O5/c1-22-15-7-2-4-12(10-15)18-16(20)23-11-24-17(21)19-13-5-3-6-14(19)9-8-13/h2,4,7,10,13-14H,3,5-6,8-9,11H2,1H3,(H,18,20). The average Bonchev–Trinajstić information content (AvgIpc) is 2.84. The Hall–Kier alpha value is -2.44. The number of carbonyl (C=O) groups excluding carboxylic acids is 2. The minimum atomic E-state index is -0.683. The first kappa shape index (κ1) is 16.4. The number of anilines is 1. The van der Waals surface area contributed by atoms with Crippen LogP contribution < -0.4 is 10.1 Å². The van der Waals surface area contributed by atoms with Crippen LogP contribution in [0.1, 0.15) is 32.1 Å². The molecular weight excluding hydrogens is 312 g/mol. The maximum Gasteiger partial charge on any atom is 0.414 e. The van der Waals surface area contributed by atoms with Crippen LogP contribution in [0.5, 0.6) is 5.75 Å². The summed E-state index contributed by atoms with van der Waals surface area (Å²) in [7, 11) is 1.55.